The molecule has 2 aromatic carbocycles. The van der Waals surface area contributed by atoms with Gasteiger partial charge in [-0.3, -0.25) is 0 Å². The van der Waals surface area contributed by atoms with Gasteiger partial charge in [-0.05, 0) is 113 Å². The van der Waals surface area contributed by atoms with Crippen molar-refractivity contribution in [2.75, 3.05) is 0 Å². The smallest absolute Gasteiger partial charge is 0.344 e. The lowest BCUT2D eigenvalue weighted by molar-refractivity contribution is -0.132. The third-order valence-electron chi connectivity index (χ3n) is 10.1. The van der Waals surface area contributed by atoms with Gasteiger partial charge in [-0.25, -0.2) is 9.59 Å². The molecular formula is C57H53BrO4S6. The molecule has 0 amide bonds. The van der Waals surface area contributed by atoms with Gasteiger partial charge in [0.1, 0.15) is 12.2 Å². The molecule has 8 aromatic rings. The van der Waals surface area contributed by atoms with Crippen molar-refractivity contribution in [3.8, 4) is 48.2 Å². The minimum atomic E-state index is -0.540. The average molecular weight is 1070 g/mol. The third kappa shape index (κ3) is 16.2. The summed E-state index contributed by atoms with van der Waals surface area (Å²) in [5.41, 5.74) is 4.83. The normalized spacial score (nSPS) is 10.1. The molecule has 6 heterocycles. The third-order valence-corrected chi connectivity index (χ3v) is 17.9. The number of unbranched alkanes of at least 4 members (excludes halogenated alkanes) is 8. The topological polar surface area (TPSA) is 52.6 Å². The second-order valence-electron chi connectivity index (χ2n) is 15.2. The van der Waals surface area contributed by atoms with Crippen LogP contribution in [0.2, 0.25) is 0 Å². The summed E-state index contributed by atoms with van der Waals surface area (Å²) in [5, 5.41) is 0. The van der Waals surface area contributed by atoms with Gasteiger partial charge in [0.05, 0.1) is 37.2 Å². The zero-order chi connectivity index (χ0) is 47.4. The van der Waals surface area contributed by atoms with Crippen LogP contribution in [0, 0.1) is 48.2 Å². The molecule has 68 heavy (non-hydrogen) atoms. The van der Waals surface area contributed by atoms with Crippen molar-refractivity contribution in [1.29, 1.82) is 0 Å². The summed E-state index contributed by atoms with van der Waals surface area (Å²) < 4.78 is 20.5. The molecular weight excluding hydrogens is 1020 g/mol. The first-order valence-corrected chi connectivity index (χ1v) is 27.8. The molecule has 348 valence electrons. The maximum absolute atomic E-state index is 11.1. The predicted octanol–water partition coefficient (Wildman–Crippen LogP) is 17.9. The molecule has 0 aliphatic heterocycles. The van der Waals surface area contributed by atoms with Crippen LogP contribution >= 0.6 is 84.0 Å². The van der Waals surface area contributed by atoms with E-state index in [2.05, 4.69) is 138 Å². The fourth-order valence-electron chi connectivity index (χ4n) is 6.68. The van der Waals surface area contributed by atoms with Gasteiger partial charge in [-0.15, -0.1) is 74.4 Å². The SMILES string of the molecule is C.C#Cc1ccc(CCCCCCC)cc1.C=CC(=O)OC#Cc1cc2sc3cc(Br)sc3c2s1.C=CC(=O)OC#Cc1cc2sc3cc(C#Cc4ccc(CCCCCCC)cc4)sc3c2s1. The van der Waals surface area contributed by atoms with Crippen LogP contribution in [0.15, 0.2) is 102 Å². The van der Waals surface area contributed by atoms with Gasteiger partial charge in [0.15, 0.2) is 0 Å². The number of carbonyl (C=O) groups excluding carboxylic acids is 2. The van der Waals surface area contributed by atoms with Crippen molar-refractivity contribution in [2.45, 2.75) is 98.3 Å². The van der Waals surface area contributed by atoms with Gasteiger partial charge >= 0.3 is 11.9 Å². The summed E-state index contributed by atoms with van der Waals surface area (Å²) in [7, 11) is 0. The minimum absolute atomic E-state index is 0. The Bertz CT molecular complexity index is 3180. The Morgan fingerprint density at radius 1 is 0.544 bits per heavy atom. The highest BCUT2D eigenvalue weighted by Gasteiger charge is 2.13. The van der Waals surface area contributed by atoms with E-state index in [0.717, 1.165) is 48.1 Å². The van der Waals surface area contributed by atoms with E-state index in [0.29, 0.717) is 0 Å². The first-order valence-electron chi connectivity index (χ1n) is 22.1. The molecule has 4 nitrogen and oxygen atoms in total. The van der Waals surface area contributed by atoms with E-state index in [1.807, 2.05) is 24.3 Å². The van der Waals surface area contributed by atoms with E-state index in [-0.39, 0.29) is 7.43 Å². The number of fused-ring (bicyclic) bond motifs is 6. The van der Waals surface area contributed by atoms with Crippen LogP contribution in [-0.2, 0) is 31.9 Å². The number of hydrogen-bond donors (Lipinski definition) is 0. The summed E-state index contributed by atoms with van der Waals surface area (Å²) in [6, 6.07) is 25.4. The van der Waals surface area contributed by atoms with Crippen LogP contribution in [0.25, 0.3) is 37.6 Å². The maximum atomic E-state index is 11.1. The summed E-state index contributed by atoms with van der Waals surface area (Å²) >= 11 is 13.7. The van der Waals surface area contributed by atoms with Crippen molar-refractivity contribution < 1.29 is 19.1 Å². The Kier molecular flexibility index (Phi) is 22.4. The molecule has 0 bridgehead atoms. The van der Waals surface area contributed by atoms with Gasteiger partial charge in [0, 0.05) is 42.1 Å². The summed E-state index contributed by atoms with van der Waals surface area (Å²) in [5.74, 6) is 13.9. The van der Waals surface area contributed by atoms with E-state index in [1.165, 1.54) is 119 Å². The Labute approximate surface area is 434 Å². The molecule has 0 radical (unpaired) electrons. The number of carbonyl (C=O) groups is 2. The second kappa shape index (κ2) is 28.3. The number of hydrogen-bond acceptors (Lipinski definition) is 10. The molecule has 0 aliphatic rings. The number of thiophene rings is 6. The highest BCUT2D eigenvalue weighted by Crippen LogP contribution is 2.45. The quantitative estimate of drug-likeness (QED) is 0.0471. The Morgan fingerprint density at radius 3 is 1.37 bits per heavy atom. The zero-order valence-electron chi connectivity index (χ0n) is 37.5. The fraction of sp³-hybridized carbons (Fsp3) is 0.263. The fourth-order valence-corrected chi connectivity index (χ4v) is 14.9. The molecule has 6 aromatic heterocycles. The number of aryl methyl sites for hydroxylation is 2. The van der Waals surface area contributed by atoms with Gasteiger partial charge in [0.2, 0.25) is 0 Å². The number of halogens is 1. The highest BCUT2D eigenvalue weighted by molar-refractivity contribution is 9.11. The molecule has 0 N–H and O–H groups in total. The van der Waals surface area contributed by atoms with Crippen molar-refractivity contribution >= 4 is 133 Å². The molecule has 0 atom stereocenters. The minimum Gasteiger partial charge on any atom is -0.369 e. The van der Waals surface area contributed by atoms with E-state index >= 15 is 0 Å². The Hall–Kier alpha value is -5.18. The number of ether oxygens (including phenoxy) is 2. The van der Waals surface area contributed by atoms with Crippen LogP contribution in [0.1, 0.15) is 122 Å². The van der Waals surface area contributed by atoms with E-state index in [9.17, 15) is 9.59 Å². The van der Waals surface area contributed by atoms with E-state index in [1.54, 1.807) is 68.0 Å². The monoisotopic (exact) mass is 1070 g/mol. The highest BCUT2D eigenvalue weighted by atomic mass is 79.9. The summed E-state index contributed by atoms with van der Waals surface area (Å²) in [4.78, 5) is 24.8. The van der Waals surface area contributed by atoms with E-state index < -0.39 is 11.9 Å². The Morgan fingerprint density at radius 2 is 0.941 bits per heavy atom. The zero-order valence-corrected chi connectivity index (χ0v) is 44.0. The lowest BCUT2D eigenvalue weighted by Crippen LogP contribution is -1.92. The van der Waals surface area contributed by atoms with Crippen LogP contribution in [0.5, 0.6) is 0 Å². The molecule has 8 rings (SSSR count). The van der Waals surface area contributed by atoms with Crippen LogP contribution < -0.4 is 0 Å². The van der Waals surface area contributed by atoms with Crippen LogP contribution in [0.3, 0.4) is 0 Å². The molecule has 0 fully saturated rings. The lowest BCUT2D eigenvalue weighted by atomic mass is 10.0. The molecule has 0 aliphatic carbocycles. The standard InChI is InChI=1S/C28H24O2S3.C15H20.C13H5BrO2S3.CH4/c1-3-5-6-7-8-9-20-10-12-21(13-11-20)14-15-22-18-24-27(31-22)28-25(33-24)19-23(32-28)16-17-30-26(29)4-2;1-3-5-6-7-8-9-15-12-10-14(4-2)11-13-15;1-2-11(15)16-4-3-7-5-8-12(17-7)13-9(18-8)6-10(14)19-13;/h4,10-13,18-19H,2-3,5-9H2,1H3;2,10-13H,3,5-9H2,1H3;2,5-6H,1H2;1H4. The maximum Gasteiger partial charge on any atom is 0.344 e. The predicted molar refractivity (Wildman–Crippen MR) is 303 cm³/mol. The number of benzene rings is 2. The van der Waals surface area contributed by atoms with Crippen molar-refractivity contribution in [3.63, 3.8) is 0 Å². The first-order chi connectivity index (χ1) is 32.7. The largest absolute Gasteiger partial charge is 0.369 e. The van der Waals surface area contributed by atoms with Gasteiger partial charge in [0.25, 0.3) is 0 Å². The summed E-state index contributed by atoms with van der Waals surface area (Å²) in [6.45, 7) is 11.2. The van der Waals surface area contributed by atoms with Gasteiger partial charge in [-0.1, -0.05) is 128 Å². The van der Waals surface area contributed by atoms with Gasteiger partial charge < -0.3 is 9.47 Å². The van der Waals surface area contributed by atoms with Gasteiger partial charge in [-0.2, -0.15) is 0 Å². The number of terminal acetylenes is 1. The molecule has 0 saturated heterocycles. The lowest BCUT2D eigenvalue weighted by Gasteiger charge is -2.01. The van der Waals surface area contributed by atoms with E-state index in [4.69, 9.17) is 11.2 Å². The summed E-state index contributed by atoms with van der Waals surface area (Å²) in [6.07, 6.45) is 27.9. The number of esters is 2. The molecule has 0 unspecified atom stereocenters. The van der Waals surface area contributed by atoms with Crippen molar-refractivity contribution in [3.05, 3.63) is 139 Å². The number of rotatable bonds is 14. The molecule has 0 saturated carbocycles. The molecule has 0 spiro atoms. The van der Waals surface area contributed by atoms with Crippen molar-refractivity contribution in [2.24, 2.45) is 0 Å². The molecule has 11 heteroatoms. The second-order valence-corrected chi connectivity index (χ2v) is 22.9. The van der Waals surface area contributed by atoms with Crippen LogP contribution in [0.4, 0.5) is 0 Å². The van der Waals surface area contributed by atoms with Crippen molar-refractivity contribution in [1.82, 2.24) is 0 Å². The first kappa shape index (κ1) is 53.8. The van der Waals surface area contributed by atoms with Crippen LogP contribution in [-0.4, -0.2) is 11.9 Å². The Balaban J connectivity index is 0.000000209. The average Bonchev–Trinajstić information content (AvgIpc) is 4.20.